The van der Waals surface area contributed by atoms with E-state index in [2.05, 4.69) is 6.92 Å². The predicted molar refractivity (Wildman–Crippen MR) is 68.4 cm³/mol. The Hall–Kier alpha value is -0.160. The van der Waals surface area contributed by atoms with Crippen LogP contribution in [0.2, 0.25) is 0 Å². The normalized spacial score (nSPS) is 16.8. The van der Waals surface area contributed by atoms with E-state index in [1.807, 2.05) is 20.8 Å². The van der Waals surface area contributed by atoms with Crippen molar-refractivity contribution in [1.82, 2.24) is 0 Å². The molecule has 3 atom stereocenters. The van der Waals surface area contributed by atoms with Crippen molar-refractivity contribution in [3.05, 3.63) is 0 Å². The Bertz CT molecular complexity index is 163. The fourth-order valence-electron chi connectivity index (χ4n) is 1.30. The highest BCUT2D eigenvalue weighted by Crippen LogP contribution is 2.00. The standard InChI is InChI=1S/C13H28O4/c1-6-7-15-12(3)9-17-13(4)10-16-11(2)8-14-5/h11-13H,6-10H2,1-5H3. The lowest BCUT2D eigenvalue weighted by Crippen LogP contribution is -2.26. The molecule has 0 radical (unpaired) electrons. The molecule has 0 saturated carbocycles. The second-order valence-corrected chi connectivity index (χ2v) is 4.42. The molecule has 3 unspecified atom stereocenters. The van der Waals surface area contributed by atoms with Gasteiger partial charge in [0.1, 0.15) is 0 Å². The predicted octanol–water partition coefficient (Wildman–Crippen LogP) is 2.26. The van der Waals surface area contributed by atoms with Crippen LogP contribution >= 0.6 is 0 Å². The van der Waals surface area contributed by atoms with E-state index in [4.69, 9.17) is 18.9 Å². The van der Waals surface area contributed by atoms with E-state index in [0.29, 0.717) is 19.8 Å². The molecule has 104 valence electrons. The lowest BCUT2D eigenvalue weighted by Gasteiger charge is -2.19. The summed E-state index contributed by atoms with van der Waals surface area (Å²) in [5, 5.41) is 0. The molecule has 0 aliphatic rings. The molecular weight excluding hydrogens is 220 g/mol. The van der Waals surface area contributed by atoms with Crippen LogP contribution in [0.15, 0.2) is 0 Å². The molecule has 0 fully saturated rings. The summed E-state index contributed by atoms with van der Waals surface area (Å²) in [6, 6.07) is 0. The van der Waals surface area contributed by atoms with Gasteiger partial charge in [0.2, 0.25) is 0 Å². The fourth-order valence-corrected chi connectivity index (χ4v) is 1.30. The van der Waals surface area contributed by atoms with Crippen molar-refractivity contribution in [2.24, 2.45) is 0 Å². The summed E-state index contributed by atoms with van der Waals surface area (Å²) in [6.45, 7) is 10.7. The van der Waals surface area contributed by atoms with Crippen LogP contribution in [0.3, 0.4) is 0 Å². The second kappa shape index (κ2) is 11.0. The zero-order valence-electron chi connectivity index (χ0n) is 11.9. The molecule has 0 aliphatic carbocycles. The Morgan fingerprint density at radius 2 is 1.24 bits per heavy atom. The van der Waals surface area contributed by atoms with E-state index in [9.17, 15) is 0 Å². The molecule has 0 rings (SSSR count). The lowest BCUT2D eigenvalue weighted by molar-refractivity contribution is -0.0768. The van der Waals surface area contributed by atoms with Crippen LogP contribution < -0.4 is 0 Å². The molecule has 0 aromatic carbocycles. The van der Waals surface area contributed by atoms with Crippen molar-refractivity contribution in [3.8, 4) is 0 Å². The van der Waals surface area contributed by atoms with Gasteiger partial charge < -0.3 is 18.9 Å². The maximum absolute atomic E-state index is 5.64. The average Bonchev–Trinajstić information content (AvgIpc) is 2.31. The summed E-state index contributed by atoms with van der Waals surface area (Å²) >= 11 is 0. The minimum absolute atomic E-state index is 0.0852. The van der Waals surface area contributed by atoms with Crippen molar-refractivity contribution in [2.75, 3.05) is 33.5 Å². The van der Waals surface area contributed by atoms with Crippen molar-refractivity contribution in [2.45, 2.75) is 52.4 Å². The van der Waals surface area contributed by atoms with Crippen molar-refractivity contribution in [3.63, 3.8) is 0 Å². The van der Waals surface area contributed by atoms with Gasteiger partial charge in [-0.3, -0.25) is 0 Å². The molecule has 0 bridgehead atoms. The number of rotatable bonds is 11. The summed E-state index contributed by atoms with van der Waals surface area (Å²) < 4.78 is 21.7. The smallest absolute Gasteiger partial charge is 0.0781 e. The molecule has 0 amide bonds. The zero-order valence-corrected chi connectivity index (χ0v) is 11.9. The third-order valence-electron chi connectivity index (χ3n) is 2.24. The highest BCUT2D eigenvalue weighted by atomic mass is 16.6. The van der Waals surface area contributed by atoms with E-state index in [-0.39, 0.29) is 18.3 Å². The molecule has 0 N–H and O–H groups in total. The van der Waals surface area contributed by atoms with Gasteiger partial charge >= 0.3 is 0 Å². The highest BCUT2D eigenvalue weighted by molar-refractivity contribution is 4.54. The molecule has 4 heteroatoms. The Morgan fingerprint density at radius 3 is 1.71 bits per heavy atom. The van der Waals surface area contributed by atoms with E-state index in [1.54, 1.807) is 7.11 Å². The van der Waals surface area contributed by atoms with Gasteiger partial charge in [0, 0.05) is 13.7 Å². The Kier molecular flexibility index (Phi) is 10.9. The summed E-state index contributed by atoms with van der Waals surface area (Å²) in [5.41, 5.74) is 0. The molecule has 0 saturated heterocycles. The molecule has 17 heavy (non-hydrogen) atoms. The van der Waals surface area contributed by atoms with E-state index in [0.717, 1.165) is 13.0 Å². The van der Waals surface area contributed by atoms with Crippen molar-refractivity contribution in [1.29, 1.82) is 0 Å². The van der Waals surface area contributed by atoms with Crippen LogP contribution in [0.25, 0.3) is 0 Å². The zero-order chi connectivity index (χ0) is 13.1. The molecule has 0 spiro atoms. The number of methoxy groups -OCH3 is 1. The first-order valence-electron chi connectivity index (χ1n) is 6.43. The molecule has 0 heterocycles. The van der Waals surface area contributed by atoms with Crippen LogP contribution in [0.1, 0.15) is 34.1 Å². The number of hydrogen-bond donors (Lipinski definition) is 0. The van der Waals surface area contributed by atoms with Crippen LogP contribution in [0, 0.1) is 0 Å². The van der Waals surface area contributed by atoms with Crippen LogP contribution in [0.5, 0.6) is 0 Å². The molecule has 4 nitrogen and oxygen atoms in total. The van der Waals surface area contributed by atoms with Crippen LogP contribution in [-0.4, -0.2) is 51.8 Å². The SMILES string of the molecule is CCCOC(C)COC(C)COC(C)COC. The second-order valence-electron chi connectivity index (χ2n) is 4.42. The van der Waals surface area contributed by atoms with Gasteiger partial charge in [0.25, 0.3) is 0 Å². The van der Waals surface area contributed by atoms with Gasteiger partial charge in [0.05, 0.1) is 38.1 Å². The third kappa shape index (κ3) is 10.7. The highest BCUT2D eigenvalue weighted by Gasteiger charge is 2.09. The lowest BCUT2D eigenvalue weighted by atomic mass is 10.4. The van der Waals surface area contributed by atoms with Gasteiger partial charge in [0.15, 0.2) is 0 Å². The summed E-state index contributed by atoms with van der Waals surface area (Å²) in [7, 11) is 1.67. The molecular formula is C13H28O4. The molecule has 0 aromatic heterocycles. The van der Waals surface area contributed by atoms with Crippen molar-refractivity contribution >= 4 is 0 Å². The van der Waals surface area contributed by atoms with Crippen molar-refractivity contribution < 1.29 is 18.9 Å². The Labute approximate surface area is 106 Å². The number of hydrogen-bond acceptors (Lipinski definition) is 4. The number of ether oxygens (including phenoxy) is 4. The maximum atomic E-state index is 5.64. The van der Waals surface area contributed by atoms with Gasteiger partial charge in [-0.25, -0.2) is 0 Å². The van der Waals surface area contributed by atoms with Gasteiger partial charge in [-0.1, -0.05) is 6.92 Å². The van der Waals surface area contributed by atoms with Crippen LogP contribution in [-0.2, 0) is 18.9 Å². The molecule has 0 aromatic rings. The third-order valence-corrected chi connectivity index (χ3v) is 2.24. The maximum Gasteiger partial charge on any atom is 0.0781 e. The quantitative estimate of drug-likeness (QED) is 0.562. The summed E-state index contributed by atoms with van der Waals surface area (Å²) in [4.78, 5) is 0. The summed E-state index contributed by atoms with van der Waals surface area (Å²) in [5.74, 6) is 0. The van der Waals surface area contributed by atoms with E-state index in [1.165, 1.54) is 0 Å². The fraction of sp³-hybridized carbons (Fsp3) is 1.00. The van der Waals surface area contributed by atoms with E-state index < -0.39 is 0 Å². The van der Waals surface area contributed by atoms with Gasteiger partial charge in [-0.05, 0) is 27.2 Å². The first-order valence-corrected chi connectivity index (χ1v) is 6.43. The minimum atomic E-state index is 0.0852. The first kappa shape index (κ1) is 16.8. The van der Waals surface area contributed by atoms with E-state index >= 15 is 0 Å². The van der Waals surface area contributed by atoms with Gasteiger partial charge in [-0.2, -0.15) is 0 Å². The Balaban J connectivity index is 3.48. The monoisotopic (exact) mass is 248 g/mol. The van der Waals surface area contributed by atoms with Crippen LogP contribution in [0.4, 0.5) is 0 Å². The first-order chi connectivity index (χ1) is 8.10. The van der Waals surface area contributed by atoms with Gasteiger partial charge in [-0.15, -0.1) is 0 Å². The average molecular weight is 248 g/mol. The molecule has 0 aliphatic heterocycles. The Morgan fingerprint density at radius 1 is 0.765 bits per heavy atom. The summed E-state index contributed by atoms with van der Waals surface area (Å²) in [6.07, 6.45) is 1.38. The largest absolute Gasteiger partial charge is 0.382 e. The minimum Gasteiger partial charge on any atom is -0.382 e. The topological polar surface area (TPSA) is 36.9 Å².